The molecular formula is C16H30N4O6S2. The Labute approximate surface area is 174 Å². The highest BCUT2D eigenvalue weighted by molar-refractivity contribution is 7.98. The molecule has 0 saturated heterocycles. The molecule has 0 fully saturated rings. The van der Waals surface area contributed by atoms with E-state index in [1.165, 1.54) is 11.8 Å². The number of aliphatic hydroxyl groups is 1. The molecule has 0 aromatic carbocycles. The molecule has 0 aliphatic rings. The van der Waals surface area contributed by atoms with E-state index in [-0.39, 0.29) is 18.1 Å². The van der Waals surface area contributed by atoms with Gasteiger partial charge in [-0.1, -0.05) is 13.8 Å². The normalized spacial score (nSPS) is 15.2. The lowest BCUT2D eigenvalue weighted by atomic mass is 10.0. The Morgan fingerprint density at radius 3 is 1.93 bits per heavy atom. The van der Waals surface area contributed by atoms with E-state index >= 15 is 0 Å². The zero-order valence-corrected chi connectivity index (χ0v) is 17.9. The molecule has 0 aliphatic heterocycles. The van der Waals surface area contributed by atoms with E-state index in [2.05, 4.69) is 28.6 Å². The van der Waals surface area contributed by atoms with Gasteiger partial charge in [0.1, 0.15) is 18.1 Å². The van der Waals surface area contributed by atoms with Crippen LogP contribution in [0.15, 0.2) is 0 Å². The van der Waals surface area contributed by atoms with Gasteiger partial charge in [0.2, 0.25) is 17.7 Å². The molecule has 0 rings (SSSR count). The first-order valence-electron chi connectivity index (χ1n) is 8.69. The van der Waals surface area contributed by atoms with Crippen LogP contribution in [0.5, 0.6) is 0 Å². The summed E-state index contributed by atoms with van der Waals surface area (Å²) in [6, 6.07) is -4.39. The van der Waals surface area contributed by atoms with Crippen LogP contribution in [0.2, 0.25) is 0 Å². The van der Waals surface area contributed by atoms with Gasteiger partial charge >= 0.3 is 5.97 Å². The number of aliphatic hydroxyl groups excluding tert-OH is 1. The van der Waals surface area contributed by atoms with Crippen LogP contribution in [0.3, 0.4) is 0 Å². The molecule has 162 valence electrons. The van der Waals surface area contributed by atoms with Crippen molar-refractivity contribution in [3.8, 4) is 0 Å². The van der Waals surface area contributed by atoms with Gasteiger partial charge in [0, 0.05) is 5.75 Å². The first kappa shape index (κ1) is 26.5. The largest absolute Gasteiger partial charge is 0.480 e. The van der Waals surface area contributed by atoms with Gasteiger partial charge < -0.3 is 31.9 Å². The van der Waals surface area contributed by atoms with Crippen LogP contribution in [0.25, 0.3) is 0 Å². The fourth-order valence-electron chi connectivity index (χ4n) is 2.00. The highest BCUT2D eigenvalue weighted by Crippen LogP contribution is 2.04. The zero-order valence-electron chi connectivity index (χ0n) is 16.2. The molecule has 0 saturated carbocycles. The summed E-state index contributed by atoms with van der Waals surface area (Å²) in [7, 11) is 0. The van der Waals surface area contributed by atoms with Crippen LogP contribution < -0.4 is 21.7 Å². The molecule has 0 aromatic heterocycles. The lowest BCUT2D eigenvalue weighted by Gasteiger charge is -2.24. The molecule has 3 amide bonds. The Morgan fingerprint density at radius 2 is 1.50 bits per heavy atom. The summed E-state index contributed by atoms with van der Waals surface area (Å²) in [4.78, 5) is 47.9. The number of nitrogens with two attached hydrogens (primary N) is 1. The molecule has 28 heavy (non-hydrogen) atoms. The van der Waals surface area contributed by atoms with Gasteiger partial charge in [0.15, 0.2) is 0 Å². The average Bonchev–Trinajstić information content (AvgIpc) is 2.65. The molecule has 4 unspecified atom stereocenters. The fraction of sp³-hybridized carbons (Fsp3) is 0.750. The van der Waals surface area contributed by atoms with Gasteiger partial charge in [-0.3, -0.25) is 14.4 Å². The third-order valence-electron chi connectivity index (χ3n) is 3.88. The van der Waals surface area contributed by atoms with Crippen molar-refractivity contribution in [2.75, 3.05) is 24.4 Å². The van der Waals surface area contributed by atoms with Crippen molar-refractivity contribution in [1.82, 2.24) is 16.0 Å². The molecule has 0 spiro atoms. The maximum Gasteiger partial charge on any atom is 0.327 e. The van der Waals surface area contributed by atoms with E-state index in [1.807, 2.05) is 6.26 Å². The van der Waals surface area contributed by atoms with E-state index in [0.717, 1.165) is 0 Å². The van der Waals surface area contributed by atoms with E-state index in [4.69, 9.17) is 10.8 Å². The van der Waals surface area contributed by atoms with Crippen molar-refractivity contribution in [3.63, 3.8) is 0 Å². The standard InChI is InChI=1S/C16H30N4O6S2/c1-8(2)12(17)15(24)19-10(6-21)14(23)18-9(4-5-28-3)13(22)20-11(7-27)16(25)26/h8-12,21,27H,4-7,17H2,1-3H3,(H,18,23)(H,19,24)(H,20,22)(H,25,26). The molecule has 0 heterocycles. The topological polar surface area (TPSA) is 171 Å². The molecule has 10 nitrogen and oxygen atoms in total. The minimum Gasteiger partial charge on any atom is -0.480 e. The lowest BCUT2D eigenvalue weighted by molar-refractivity contribution is -0.141. The summed E-state index contributed by atoms with van der Waals surface area (Å²) in [5, 5.41) is 25.6. The number of hydrogen-bond donors (Lipinski definition) is 7. The number of carbonyl (C=O) groups is 4. The molecule has 7 N–H and O–H groups in total. The van der Waals surface area contributed by atoms with E-state index in [1.54, 1.807) is 13.8 Å². The van der Waals surface area contributed by atoms with E-state index in [9.17, 15) is 24.3 Å². The quantitative estimate of drug-likeness (QED) is 0.165. The van der Waals surface area contributed by atoms with Crippen molar-refractivity contribution in [2.45, 2.75) is 44.4 Å². The molecule has 0 aromatic rings. The fourth-order valence-corrected chi connectivity index (χ4v) is 2.72. The number of carbonyl (C=O) groups excluding carboxylic acids is 3. The highest BCUT2D eigenvalue weighted by Gasteiger charge is 2.29. The molecule has 0 bridgehead atoms. The monoisotopic (exact) mass is 438 g/mol. The third kappa shape index (κ3) is 9.13. The Balaban J connectivity index is 5.12. The van der Waals surface area contributed by atoms with Gasteiger partial charge in [0.25, 0.3) is 0 Å². The predicted octanol–water partition coefficient (Wildman–Crippen LogP) is -1.82. The average molecular weight is 439 g/mol. The van der Waals surface area contributed by atoms with Gasteiger partial charge in [-0.05, 0) is 24.3 Å². The predicted molar refractivity (Wildman–Crippen MR) is 110 cm³/mol. The Morgan fingerprint density at radius 1 is 1.00 bits per heavy atom. The minimum absolute atomic E-state index is 0.118. The molecular weight excluding hydrogens is 408 g/mol. The van der Waals surface area contributed by atoms with Crippen LogP contribution in [0.1, 0.15) is 20.3 Å². The van der Waals surface area contributed by atoms with E-state index in [0.29, 0.717) is 5.75 Å². The maximum atomic E-state index is 12.4. The van der Waals surface area contributed by atoms with Crippen LogP contribution >= 0.6 is 24.4 Å². The Bertz CT molecular complexity index is 549. The summed E-state index contributed by atoms with van der Waals surface area (Å²) in [6.45, 7) is 2.79. The number of rotatable bonds is 13. The van der Waals surface area contributed by atoms with Crippen molar-refractivity contribution < 1.29 is 29.4 Å². The Hall–Kier alpha value is -1.50. The first-order chi connectivity index (χ1) is 13.1. The second kappa shape index (κ2) is 13.6. The van der Waals surface area contributed by atoms with Crippen molar-refractivity contribution in [1.29, 1.82) is 0 Å². The second-order valence-electron chi connectivity index (χ2n) is 6.44. The SMILES string of the molecule is CSCCC(NC(=O)C(CO)NC(=O)C(N)C(C)C)C(=O)NC(CS)C(=O)O. The van der Waals surface area contributed by atoms with Gasteiger partial charge in [-0.2, -0.15) is 24.4 Å². The molecule has 0 aliphatic carbocycles. The zero-order chi connectivity index (χ0) is 21.9. The molecule has 4 atom stereocenters. The number of amides is 3. The van der Waals surface area contributed by atoms with Crippen molar-refractivity contribution >= 4 is 48.1 Å². The second-order valence-corrected chi connectivity index (χ2v) is 7.79. The van der Waals surface area contributed by atoms with Crippen LogP contribution in [0.4, 0.5) is 0 Å². The summed E-state index contributed by atoms with van der Waals surface area (Å²) >= 11 is 5.32. The summed E-state index contributed by atoms with van der Waals surface area (Å²) < 4.78 is 0. The molecule has 12 heteroatoms. The van der Waals surface area contributed by atoms with Crippen molar-refractivity contribution in [3.05, 3.63) is 0 Å². The number of nitrogens with one attached hydrogen (secondary N) is 3. The number of hydrogen-bond acceptors (Lipinski definition) is 8. The lowest BCUT2D eigenvalue weighted by Crippen LogP contribution is -2.58. The van der Waals surface area contributed by atoms with Crippen LogP contribution in [-0.4, -0.2) is 82.4 Å². The van der Waals surface area contributed by atoms with Crippen LogP contribution in [-0.2, 0) is 19.2 Å². The van der Waals surface area contributed by atoms with E-state index < -0.39 is 54.5 Å². The van der Waals surface area contributed by atoms with Gasteiger partial charge in [0.05, 0.1) is 12.6 Å². The summed E-state index contributed by atoms with van der Waals surface area (Å²) in [6.07, 6.45) is 2.05. The smallest absolute Gasteiger partial charge is 0.327 e. The molecule has 0 radical (unpaired) electrons. The van der Waals surface area contributed by atoms with Crippen molar-refractivity contribution in [2.24, 2.45) is 11.7 Å². The van der Waals surface area contributed by atoms with Crippen LogP contribution in [0, 0.1) is 5.92 Å². The Kier molecular flexibility index (Phi) is 12.9. The minimum atomic E-state index is -1.29. The van der Waals surface area contributed by atoms with Gasteiger partial charge in [-0.15, -0.1) is 0 Å². The number of carboxylic acids is 1. The highest BCUT2D eigenvalue weighted by atomic mass is 32.2. The number of aliphatic carboxylic acids is 1. The third-order valence-corrected chi connectivity index (χ3v) is 4.89. The first-order valence-corrected chi connectivity index (χ1v) is 10.7. The number of thioether (sulfide) groups is 1. The summed E-state index contributed by atoms with van der Waals surface area (Å²) in [5.41, 5.74) is 5.72. The van der Waals surface area contributed by atoms with Gasteiger partial charge in [-0.25, -0.2) is 4.79 Å². The number of carboxylic acid groups (broad SMARTS) is 1. The summed E-state index contributed by atoms with van der Waals surface area (Å²) in [5.74, 6) is -3.08. The number of thiol groups is 1. The maximum absolute atomic E-state index is 12.4.